The topological polar surface area (TPSA) is 20.2 Å². The average Bonchev–Trinajstić information content (AvgIpc) is 2.26. The highest BCUT2D eigenvalue weighted by molar-refractivity contribution is 6.60. The van der Waals surface area contributed by atoms with E-state index in [9.17, 15) is 5.11 Å². The highest BCUT2D eigenvalue weighted by Crippen LogP contribution is 2.45. The Kier molecular flexibility index (Phi) is 3.65. The van der Waals surface area contributed by atoms with Gasteiger partial charge in [-0.1, -0.05) is 53.0 Å². The molecule has 0 aliphatic heterocycles. The van der Waals surface area contributed by atoms with Gasteiger partial charge in [0.15, 0.2) is 4.33 Å². The molecule has 1 aromatic rings. The summed E-state index contributed by atoms with van der Waals surface area (Å²) in [4.78, 5) is 0. The summed E-state index contributed by atoms with van der Waals surface area (Å²) >= 11 is 24.0. The van der Waals surface area contributed by atoms with Crippen molar-refractivity contribution in [1.82, 2.24) is 0 Å². The van der Waals surface area contributed by atoms with Crippen molar-refractivity contribution < 1.29 is 5.11 Å². The SMILES string of the molecule is Oc1cccc(C2=CC(Cl)C(Cl)(Cl)C(Cl)=C2)c1. The summed E-state index contributed by atoms with van der Waals surface area (Å²) in [5.74, 6) is 0.174. The molecular weight excluding hydrogens is 302 g/mol. The van der Waals surface area contributed by atoms with E-state index in [1.165, 1.54) is 0 Å². The number of hydrogen-bond donors (Lipinski definition) is 1. The molecule has 2 rings (SSSR count). The van der Waals surface area contributed by atoms with Gasteiger partial charge in [0.1, 0.15) is 5.75 Å². The molecule has 90 valence electrons. The Hall–Kier alpha value is -0.340. The average molecular weight is 310 g/mol. The third-order valence-electron chi connectivity index (χ3n) is 2.45. The number of allylic oxidation sites excluding steroid dienone is 4. The molecule has 1 aliphatic carbocycles. The van der Waals surface area contributed by atoms with Crippen LogP contribution >= 0.6 is 46.4 Å². The van der Waals surface area contributed by atoms with Gasteiger partial charge < -0.3 is 5.11 Å². The zero-order valence-corrected chi connectivity index (χ0v) is 11.5. The molecule has 0 heterocycles. The molecule has 0 spiro atoms. The molecule has 1 aliphatic rings. The molecule has 0 radical (unpaired) electrons. The number of halogens is 4. The van der Waals surface area contributed by atoms with Gasteiger partial charge in [0.05, 0.1) is 10.4 Å². The first-order valence-electron chi connectivity index (χ1n) is 4.82. The second kappa shape index (κ2) is 4.74. The van der Waals surface area contributed by atoms with Crippen LogP contribution in [0, 0.1) is 0 Å². The van der Waals surface area contributed by atoms with E-state index in [-0.39, 0.29) is 10.8 Å². The number of alkyl halides is 3. The van der Waals surface area contributed by atoms with Crippen molar-refractivity contribution >= 4 is 52.0 Å². The Morgan fingerprint density at radius 1 is 1.24 bits per heavy atom. The molecule has 0 bridgehead atoms. The zero-order valence-electron chi connectivity index (χ0n) is 8.50. The van der Waals surface area contributed by atoms with E-state index >= 15 is 0 Å². The molecule has 0 amide bonds. The van der Waals surface area contributed by atoms with Gasteiger partial charge in [0.2, 0.25) is 0 Å². The lowest BCUT2D eigenvalue weighted by Crippen LogP contribution is -2.28. The minimum Gasteiger partial charge on any atom is -0.508 e. The van der Waals surface area contributed by atoms with Crippen molar-refractivity contribution in [2.45, 2.75) is 9.71 Å². The highest BCUT2D eigenvalue weighted by Gasteiger charge is 2.38. The van der Waals surface area contributed by atoms with Crippen LogP contribution in [0.4, 0.5) is 0 Å². The maximum absolute atomic E-state index is 9.41. The molecule has 0 fully saturated rings. The molecular formula is C12H8Cl4O. The third-order valence-corrected chi connectivity index (χ3v) is 4.61. The number of hydrogen-bond acceptors (Lipinski definition) is 1. The van der Waals surface area contributed by atoms with Crippen LogP contribution in [0.3, 0.4) is 0 Å². The minimum atomic E-state index is -1.30. The Morgan fingerprint density at radius 3 is 2.53 bits per heavy atom. The lowest BCUT2D eigenvalue weighted by molar-refractivity contribution is 0.475. The van der Waals surface area contributed by atoms with E-state index in [2.05, 4.69) is 0 Å². The fourth-order valence-electron chi connectivity index (χ4n) is 1.54. The van der Waals surface area contributed by atoms with Gasteiger partial charge >= 0.3 is 0 Å². The second-order valence-corrected chi connectivity index (χ2v) is 5.95. The van der Waals surface area contributed by atoms with Crippen LogP contribution < -0.4 is 0 Å². The van der Waals surface area contributed by atoms with E-state index in [0.29, 0.717) is 0 Å². The number of phenols is 1. The number of rotatable bonds is 1. The molecule has 0 aromatic heterocycles. The first kappa shape index (κ1) is 13.1. The zero-order chi connectivity index (χ0) is 12.6. The second-order valence-electron chi connectivity index (χ2n) is 3.69. The molecule has 1 nitrogen and oxygen atoms in total. The van der Waals surface area contributed by atoms with Gasteiger partial charge in [-0.05, 0) is 29.3 Å². The van der Waals surface area contributed by atoms with Crippen LogP contribution in [0.25, 0.3) is 5.57 Å². The lowest BCUT2D eigenvalue weighted by Gasteiger charge is -2.27. The van der Waals surface area contributed by atoms with Gasteiger partial charge in [-0.25, -0.2) is 0 Å². The van der Waals surface area contributed by atoms with E-state index in [4.69, 9.17) is 46.4 Å². The van der Waals surface area contributed by atoms with Gasteiger partial charge in [-0.15, -0.1) is 11.6 Å². The van der Waals surface area contributed by atoms with Crippen LogP contribution in [-0.4, -0.2) is 14.8 Å². The van der Waals surface area contributed by atoms with Crippen LogP contribution in [-0.2, 0) is 0 Å². The van der Waals surface area contributed by atoms with E-state index < -0.39 is 9.71 Å². The summed E-state index contributed by atoms with van der Waals surface area (Å²) < 4.78 is -1.30. The first-order chi connectivity index (χ1) is 7.91. The summed E-state index contributed by atoms with van der Waals surface area (Å²) in [7, 11) is 0. The van der Waals surface area contributed by atoms with E-state index in [1.54, 1.807) is 30.4 Å². The fourth-order valence-corrected chi connectivity index (χ4v) is 2.32. The van der Waals surface area contributed by atoms with Gasteiger partial charge in [0, 0.05) is 0 Å². The van der Waals surface area contributed by atoms with E-state index in [0.717, 1.165) is 11.1 Å². The van der Waals surface area contributed by atoms with Crippen molar-refractivity contribution in [3.63, 3.8) is 0 Å². The fraction of sp³-hybridized carbons (Fsp3) is 0.167. The molecule has 1 aromatic carbocycles. The largest absolute Gasteiger partial charge is 0.508 e. The van der Waals surface area contributed by atoms with Crippen LogP contribution in [0.2, 0.25) is 0 Å². The predicted molar refractivity (Wildman–Crippen MR) is 74.1 cm³/mol. The molecule has 1 N–H and O–H groups in total. The predicted octanol–water partition coefficient (Wildman–Crippen LogP) is 4.69. The van der Waals surface area contributed by atoms with Crippen molar-refractivity contribution in [3.8, 4) is 5.75 Å². The van der Waals surface area contributed by atoms with Crippen molar-refractivity contribution in [1.29, 1.82) is 0 Å². The summed E-state index contributed by atoms with van der Waals surface area (Å²) in [6.07, 6.45) is 3.36. The van der Waals surface area contributed by atoms with Crippen LogP contribution in [0.15, 0.2) is 41.4 Å². The van der Waals surface area contributed by atoms with Gasteiger partial charge in [-0.2, -0.15) is 0 Å². The third kappa shape index (κ3) is 2.58. The lowest BCUT2D eigenvalue weighted by atomic mass is 9.98. The number of phenolic OH excluding ortho intramolecular Hbond substituents is 1. The molecule has 0 saturated heterocycles. The Balaban J connectivity index is 2.43. The highest BCUT2D eigenvalue weighted by atomic mass is 35.5. The Bertz CT molecular complexity index is 505. The maximum atomic E-state index is 9.41. The van der Waals surface area contributed by atoms with Gasteiger partial charge in [0.25, 0.3) is 0 Å². The Morgan fingerprint density at radius 2 is 1.94 bits per heavy atom. The molecule has 17 heavy (non-hydrogen) atoms. The van der Waals surface area contributed by atoms with Gasteiger partial charge in [-0.3, -0.25) is 0 Å². The van der Waals surface area contributed by atoms with E-state index in [1.807, 2.05) is 6.07 Å². The first-order valence-corrected chi connectivity index (χ1v) is 6.39. The number of aromatic hydroxyl groups is 1. The summed E-state index contributed by atoms with van der Waals surface area (Å²) in [6, 6.07) is 6.78. The molecule has 1 unspecified atom stereocenters. The summed E-state index contributed by atoms with van der Waals surface area (Å²) in [5.41, 5.74) is 1.58. The normalized spacial score (nSPS) is 22.9. The standard InChI is InChI=1S/C12H8Cl4O/c13-10-5-8(6-11(14)12(10,15)16)7-2-1-3-9(17)4-7/h1-6,10,17H. The van der Waals surface area contributed by atoms with Crippen LogP contribution in [0.1, 0.15) is 5.56 Å². The molecule has 0 saturated carbocycles. The number of benzene rings is 1. The van der Waals surface area contributed by atoms with Crippen molar-refractivity contribution in [2.24, 2.45) is 0 Å². The monoisotopic (exact) mass is 308 g/mol. The minimum absolute atomic E-state index is 0.174. The Labute approximate surface area is 119 Å². The van der Waals surface area contributed by atoms with Crippen molar-refractivity contribution in [3.05, 3.63) is 47.0 Å². The molecule has 5 heteroatoms. The van der Waals surface area contributed by atoms with Crippen molar-refractivity contribution in [2.75, 3.05) is 0 Å². The summed E-state index contributed by atoms with van der Waals surface area (Å²) in [5, 5.41) is 9.05. The smallest absolute Gasteiger partial charge is 0.173 e. The molecule has 1 atom stereocenters. The van der Waals surface area contributed by atoms with Crippen LogP contribution in [0.5, 0.6) is 5.75 Å². The summed E-state index contributed by atoms with van der Waals surface area (Å²) in [6.45, 7) is 0. The maximum Gasteiger partial charge on any atom is 0.173 e. The quantitative estimate of drug-likeness (QED) is 0.746.